The van der Waals surface area contributed by atoms with Crippen LogP contribution >= 0.6 is 0 Å². The molecule has 0 atom stereocenters. The summed E-state index contributed by atoms with van der Waals surface area (Å²) in [7, 11) is 3.01. The third-order valence-corrected chi connectivity index (χ3v) is 4.26. The summed E-state index contributed by atoms with van der Waals surface area (Å²) in [4.78, 5) is 31.3. The van der Waals surface area contributed by atoms with Crippen LogP contribution in [0, 0.1) is 17.0 Å². The lowest BCUT2D eigenvalue weighted by Crippen LogP contribution is -2.30. The van der Waals surface area contributed by atoms with Gasteiger partial charge in [0.25, 0.3) is 5.91 Å². The van der Waals surface area contributed by atoms with Gasteiger partial charge < -0.3 is 14.8 Å². The lowest BCUT2D eigenvalue weighted by atomic mass is 10.2. The van der Waals surface area contributed by atoms with E-state index in [2.05, 4.69) is 26.1 Å². The first-order valence-electron chi connectivity index (χ1n) is 9.04. The van der Waals surface area contributed by atoms with E-state index in [0.717, 1.165) is 11.9 Å². The molecule has 31 heavy (non-hydrogen) atoms. The second-order valence-electron chi connectivity index (χ2n) is 6.31. The molecule has 11 heteroatoms. The number of carbonyl (C=O) groups excluding carboxylic acids is 1. The average Bonchev–Trinajstić information content (AvgIpc) is 2.77. The number of aryl methyl sites for hydroxylation is 1. The monoisotopic (exact) mass is 424 g/mol. The van der Waals surface area contributed by atoms with E-state index in [1.54, 1.807) is 36.4 Å². The Bertz CT molecular complexity index is 1100. The highest BCUT2D eigenvalue weighted by Crippen LogP contribution is 2.34. The molecular weight excluding hydrogens is 404 g/mol. The van der Waals surface area contributed by atoms with Crippen LogP contribution < -0.4 is 25.6 Å². The van der Waals surface area contributed by atoms with Gasteiger partial charge in [0.2, 0.25) is 11.6 Å². The second kappa shape index (κ2) is 9.39. The number of carbonyl (C=O) groups is 1. The van der Waals surface area contributed by atoms with Crippen LogP contribution in [0.5, 0.6) is 11.5 Å². The lowest BCUT2D eigenvalue weighted by molar-refractivity contribution is -0.383. The van der Waals surface area contributed by atoms with Gasteiger partial charge in [0, 0.05) is 5.56 Å². The molecule has 0 aliphatic heterocycles. The third kappa shape index (κ3) is 4.96. The molecular formula is C20H20N6O5. The van der Waals surface area contributed by atoms with Crippen LogP contribution in [0.15, 0.2) is 48.8 Å². The molecule has 0 aliphatic rings. The molecule has 0 saturated heterocycles. The summed E-state index contributed by atoms with van der Waals surface area (Å²) < 4.78 is 10.3. The van der Waals surface area contributed by atoms with Crippen molar-refractivity contribution in [3.63, 3.8) is 0 Å². The predicted molar refractivity (Wildman–Crippen MR) is 114 cm³/mol. The molecule has 160 valence electrons. The van der Waals surface area contributed by atoms with Crippen LogP contribution in [0.2, 0.25) is 0 Å². The van der Waals surface area contributed by atoms with Gasteiger partial charge in [0.05, 0.1) is 24.8 Å². The standard InChI is InChI=1S/C20H20N6O5/c1-12-4-9-16(31-3)15(10-12)23-18-17(26(28)29)19(22-11-21-18)24-25-20(27)13-5-7-14(30-2)8-6-13/h4-11H,1-3H3,(H,25,27)(H2,21,22,23,24). The van der Waals surface area contributed by atoms with E-state index in [-0.39, 0.29) is 11.6 Å². The van der Waals surface area contributed by atoms with E-state index in [9.17, 15) is 14.9 Å². The summed E-state index contributed by atoms with van der Waals surface area (Å²) in [6, 6.07) is 11.7. The number of nitrogens with zero attached hydrogens (tertiary/aromatic N) is 3. The average molecular weight is 424 g/mol. The van der Waals surface area contributed by atoms with Crippen LogP contribution in [0.25, 0.3) is 0 Å². The normalized spacial score (nSPS) is 10.2. The lowest BCUT2D eigenvalue weighted by Gasteiger charge is -2.13. The number of benzene rings is 2. The summed E-state index contributed by atoms with van der Waals surface area (Å²) in [5, 5.41) is 14.6. The molecule has 3 rings (SSSR count). The molecule has 11 nitrogen and oxygen atoms in total. The van der Waals surface area contributed by atoms with Crippen LogP contribution in [0.1, 0.15) is 15.9 Å². The number of anilines is 3. The number of rotatable bonds is 8. The van der Waals surface area contributed by atoms with Gasteiger partial charge >= 0.3 is 5.69 Å². The Hall–Kier alpha value is -4.41. The topological polar surface area (TPSA) is 141 Å². The molecule has 3 N–H and O–H groups in total. The Morgan fingerprint density at radius 1 is 1.03 bits per heavy atom. The Morgan fingerprint density at radius 3 is 2.39 bits per heavy atom. The van der Waals surface area contributed by atoms with Crippen molar-refractivity contribution in [2.24, 2.45) is 0 Å². The van der Waals surface area contributed by atoms with Crippen molar-refractivity contribution < 1.29 is 19.2 Å². The van der Waals surface area contributed by atoms with Gasteiger partial charge in [-0.2, -0.15) is 0 Å². The molecule has 3 aromatic rings. The number of hydrazine groups is 1. The minimum atomic E-state index is -0.646. The van der Waals surface area contributed by atoms with Crippen molar-refractivity contribution in [1.29, 1.82) is 0 Å². The Balaban J connectivity index is 1.84. The molecule has 1 heterocycles. The van der Waals surface area contributed by atoms with Gasteiger partial charge in [-0.3, -0.25) is 25.8 Å². The van der Waals surface area contributed by atoms with Gasteiger partial charge in [-0.1, -0.05) is 6.07 Å². The highest BCUT2D eigenvalue weighted by Gasteiger charge is 2.24. The maximum Gasteiger partial charge on any atom is 0.355 e. The minimum absolute atomic E-state index is 0.0647. The number of hydrogen-bond acceptors (Lipinski definition) is 9. The number of hydrogen-bond donors (Lipinski definition) is 3. The fourth-order valence-corrected chi connectivity index (χ4v) is 2.71. The van der Waals surface area contributed by atoms with Gasteiger partial charge in [0.1, 0.15) is 17.8 Å². The molecule has 0 radical (unpaired) electrons. The highest BCUT2D eigenvalue weighted by molar-refractivity contribution is 5.95. The highest BCUT2D eigenvalue weighted by atomic mass is 16.6. The fourth-order valence-electron chi connectivity index (χ4n) is 2.71. The van der Waals surface area contributed by atoms with E-state index in [1.165, 1.54) is 14.2 Å². The first kappa shape index (κ1) is 21.3. The molecule has 0 spiro atoms. The summed E-state index contributed by atoms with van der Waals surface area (Å²) in [5.74, 6) is 0.325. The zero-order valence-corrected chi connectivity index (χ0v) is 17.0. The molecule has 1 aromatic heterocycles. The zero-order valence-electron chi connectivity index (χ0n) is 17.0. The van der Waals surface area contributed by atoms with Crippen molar-refractivity contribution >= 4 is 28.9 Å². The van der Waals surface area contributed by atoms with Crippen molar-refractivity contribution in [2.45, 2.75) is 6.92 Å². The van der Waals surface area contributed by atoms with Crippen LogP contribution in [-0.2, 0) is 0 Å². The maximum absolute atomic E-state index is 12.3. The smallest absolute Gasteiger partial charge is 0.355 e. The van der Waals surface area contributed by atoms with Crippen molar-refractivity contribution in [2.75, 3.05) is 25.0 Å². The number of amides is 1. The number of nitrogens with one attached hydrogen (secondary N) is 3. The molecule has 0 bridgehead atoms. The third-order valence-electron chi connectivity index (χ3n) is 4.26. The van der Waals surface area contributed by atoms with Gasteiger partial charge in [-0.15, -0.1) is 0 Å². The second-order valence-corrected chi connectivity index (χ2v) is 6.31. The number of aromatic nitrogens is 2. The predicted octanol–water partition coefficient (Wildman–Crippen LogP) is 3.21. The van der Waals surface area contributed by atoms with Crippen LogP contribution in [0.4, 0.5) is 23.0 Å². The van der Waals surface area contributed by atoms with Crippen LogP contribution in [-0.4, -0.2) is 35.0 Å². The molecule has 0 aliphatic carbocycles. The Morgan fingerprint density at radius 2 is 1.74 bits per heavy atom. The van der Waals surface area contributed by atoms with E-state index >= 15 is 0 Å². The van der Waals surface area contributed by atoms with Gasteiger partial charge in [-0.05, 0) is 48.9 Å². The van der Waals surface area contributed by atoms with Crippen molar-refractivity contribution in [3.05, 3.63) is 70.0 Å². The number of nitro groups is 1. The number of ether oxygens (including phenoxy) is 2. The minimum Gasteiger partial charge on any atom is -0.497 e. The molecule has 2 aromatic carbocycles. The summed E-state index contributed by atoms with van der Waals surface area (Å²) in [5.41, 5.74) is 6.19. The van der Waals surface area contributed by atoms with Crippen molar-refractivity contribution in [1.82, 2.24) is 15.4 Å². The maximum atomic E-state index is 12.3. The van der Waals surface area contributed by atoms with Crippen LogP contribution in [0.3, 0.4) is 0 Å². The zero-order chi connectivity index (χ0) is 22.4. The summed E-state index contributed by atoms with van der Waals surface area (Å²) in [6.07, 6.45) is 1.14. The van der Waals surface area contributed by atoms with Gasteiger partial charge in [-0.25, -0.2) is 9.97 Å². The number of methoxy groups -OCH3 is 2. The largest absolute Gasteiger partial charge is 0.497 e. The quantitative estimate of drug-likeness (QED) is 0.367. The Kier molecular flexibility index (Phi) is 6.45. The van der Waals surface area contributed by atoms with Gasteiger partial charge in [0.15, 0.2) is 0 Å². The first-order valence-corrected chi connectivity index (χ1v) is 9.04. The van der Waals surface area contributed by atoms with Crippen molar-refractivity contribution in [3.8, 4) is 11.5 Å². The fraction of sp³-hybridized carbons (Fsp3) is 0.150. The van der Waals surface area contributed by atoms with E-state index in [1.807, 2.05) is 13.0 Å². The first-order chi connectivity index (χ1) is 14.9. The molecule has 0 fully saturated rings. The molecule has 0 saturated carbocycles. The van der Waals surface area contributed by atoms with E-state index in [0.29, 0.717) is 22.7 Å². The van der Waals surface area contributed by atoms with E-state index in [4.69, 9.17) is 9.47 Å². The molecule has 1 amide bonds. The SMILES string of the molecule is COc1ccc(C(=O)NNc2ncnc(Nc3cc(C)ccc3OC)c2[N+](=O)[O-])cc1. The molecule has 0 unspecified atom stereocenters. The Labute approximate surface area is 177 Å². The summed E-state index contributed by atoms with van der Waals surface area (Å²) >= 11 is 0. The van der Waals surface area contributed by atoms with E-state index < -0.39 is 16.5 Å². The summed E-state index contributed by atoms with van der Waals surface area (Å²) in [6.45, 7) is 1.88.